The van der Waals surface area contributed by atoms with E-state index in [-0.39, 0.29) is 35.6 Å². The Morgan fingerprint density at radius 3 is 2.73 bits per heavy atom. The summed E-state index contributed by atoms with van der Waals surface area (Å²) in [7, 11) is 0. The van der Waals surface area contributed by atoms with Crippen LogP contribution in [0.3, 0.4) is 0 Å². The number of hydrogen-bond acceptors (Lipinski definition) is 4. The van der Waals surface area contributed by atoms with E-state index in [1.807, 2.05) is 0 Å². The van der Waals surface area contributed by atoms with E-state index in [4.69, 9.17) is 0 Å². The highest BCUT2D eigenvalue weighted by Gasteiger charge is 2.19. The molecule has 1 aromatic carbocycles. The van der Waals surface area contributed by atoms with Crippen LogP contribution in [-0.2, 0) is 6.54 Å². The number of amides is 1. The molecule has 0 unspecified atom stereocenters. The van der Waals surface area contributed by atoms with E-state index >= 15 is 0 Å². The van der Waals surface area contributed by atoms with E-state index < -0.39 is 17.5 Å². The van der Waals surface area contributed by atoms with Crippen molar-refractivity contribution in [1.29, 1.82) is 0 Å². The molecule has 30 heavy (non-hydrogen) atoms. The maximum Gasteiger partial charge on any atom is 0.269 e. The molecule has 1 fully saturated rings. The molecule has 2 heterocycles. The van der Waals surface area contributed by atoms with Crippen LogP contribution in [0.2, 0.25) is 0 Å². The van der Waals surface area contributed by atoms with Gasteiger partial charge in [0.25, 0.3) is 11.5 Å². The first-order valence-corrected chi connectivity index (χ1v) is 9.86. The summed E-state index contributed by atoms with van der Waals surface area (Å²) in [5.41, 5.74) is 1.12. The lowest BCUT2D eigenvalue weighted by molar-refractivity contribution is 0.0947. The molecule has 0 bridgehead atoms. The van der Waals surface area contributed by atoms with E-state index in [1.54, 1.807) is 6.07 Å². The first kappa shape index (κ1) is 19.9. The molecule has 7 nitrogen and oxygen atoms in total. The zero-order chi connectivity index (χ0) is 21.1. The van der Waals surface area contributed by atoms with Crippen molar-refractivity contribution in [2.24, 2.45) is 0 Å². The van der Waals surface area contributed by atoms with Gasteiger partial charge in [0, 0.05) is 36.7 Å². The Bertz CT molecular complexity index is 1120. The standard InChI is InChI=1S/C21H21F2N5O2/c22-14-5-6-15(16(23)9-14)18-10-19(27-26-18)21(30)24-7-8-28-12-25-17(11-20(28)29)13-3-1-2-4-13/h5-6,9-13H,1-4,7-8H2,(H,24,30)(H,26,27). The molecule has 0 saturated heterocycles. The van der Waals surface area contributed by atoms with Gasteiger partial charge in [-0.1, -0.05) is 12.8 Å². The van der Waals surface area contributed by atoms with Gasteiger partial charge in [-0.2, -0.15) is 5.10 Å². The average Bonchev–Trinajstić information content (AvgIpc) is 3.41. The fourth-order valence-corrected chi connectivity index (χ4v) is 3.71. The van der Waals surface area contributed by atoms with Gasteiger partial charge in [-0.15, -0.1) is 0 Å². The van der Waals surface area contributed by atoms with Crippen LogP contribution in [0.25, 0.3) is 11.3 Å². The topological polar surface area (TPSA) is 92.7 Å². The lowest BCUT2D eigenvalue weighted by Gasteiger charge is -2.10. The van der Waals surface area contributed by atoms with Crippen molar-refractivity contribution in [3.8, 4) is 11.3 Å². The quantitative estimate of drug-likeness (QED) is 0.650. The lowest BCUT2D eigenvalue weighted by Crippen LogP contribution is -2.31. The molecule has 3 aromatic rings. The lowest BCUT2D eigenvalue weighted by atomic mass is 10.0. The number of halogens is 2. The van der Waals surface area contributed by atoms with E-state index in [1.165, 1.54) is 35.9 Å². The molecule has 2 N–H and O–H groups in total. The minimum absolute atomic E-state index is 0.0895. The molecule has 0 aliphatic heterocycles. The maximum atomic E-state index is 13.9. The minimum Gasteiger partial charge on any atom is -0.349 e. The third-order valence-corrected chi connectivity index (χ3v) is 5.34. The summed E-state index contributed by atoms with van der Waals surface area (Å²) in [4.78, 5) is 29.0. The van der Waals surface area contributed by atoms with Crippen LogP contribution < -0.4 is 10.9 Å². The van der Waals surface area contributed by atoms with Gasteiger partial charge in [0.2, 0.25) is 0 Å². The van der Waals surface area contributed by atoms with Crippen LogP contribution in [0.1, 0.15) is 47.8 Å². The average molecular weight is 413 g/mol. The Morgan fingerprint density at radius 1 is 1.20 bits per heavy atom. The molecule has 2 aromatic heterocycles. The zero-order valence-corrected chi connectivity index (χ0v) is 16.2. The molecular weight excluding hydrogens is 392 g/mol. The van der Waals surface area contributed by atoms with Gasteiger partial charge in [0.15, 0.2) is 0 Å². The molecule has 9 heteroatoms. The Kier molecular flexibility index (Phi) is 5.69. The monoisotopic (exact) mass is 413 g/mol. The number of rotatable bonds is 6. The molecule has 4 rings (SSSR count). The number of H-pyrrole nitrogens is 1. The van der Waals surface area contributed by atoms with Crippen molar-refractivity contribution >= 4 is 5.91 Å². The van der Waals surface area contributed by atoms with Crippen LogP contribution in [-0.4, -0.2) is 32.2 Å². The van der Waals surface area contributed by atoms with Crippen molar-refractivity contribution in [2.45, 2.75) is 38.1 Å². The van der Waals surface area contributed by atoms with Crippen molar-refractivity contribution in [2.75, 3.05) is 6.54 Å². The SMILES string of the molecule is O=C(NCCn1cnc(C2CCCC2)cc1=O)c1cc(-c2ccc(F)cc2F)n[nH]1. The molecule has 0 atom stereocenters. The third kappa shape index (κ3) is 4.29. The van der Waals surface area contributed by atoms with Crippen LogP contribution >= 0.6 is 0 Å². The summed E-state index contributed by atoms with van der Waals surface area (Å²) >= 11 is 0. The second kappa shape index (κ2) is 8.56. The van der Waals surface area contributed by atoms with Crippen molar-refractivity contribution in [3.63, 3.8) is 0 Å². The van der Waals surface area contributed by atoms with Crippen LogP contribution in [0.15, 0.2) is 41.5 Å². The summed E-state index contributed by atoms with van der Waals surface area (Å²) in [5, 5.41) is 9.13. The molecule has 0 radical (unpaired) electrons. The van der Waals surface area contributed by atoms with E-state index in [2.05, 4.69) is 20.5 Å². The summed E-state index contributed by atoms with van der Waals surface area (Å²) in [5.74, 6) is -1.53. The van der Waals surface area contributed by atoms with E-state index in [9.17, 15) is 18.4 Å². The second-order valence-corrected chi connectivity index (χ2v) is 7.37. The molecule has 1 aliphatic rings. The van der Waals surface area contributed by atoms with Gasteiger partial charge in [-0.05, 0) is 31.0 Å². The second-order valence-electron chi connectivity index (χ2n) is 7.37. The van der Waals surface area contributed by atoms with Gasteiger partial charge < -0.3 is 5.32 Å². The molecule has 1 amide bonds. The fourth-order valence-electron chi connectivity index (χ4n) is 3.71. The van der Waals surface area contributed by atoms with Crippen molar-refractivity contribution in [1.82, 2.24) is 25.1 Å². The summed E-state index contributed by atoms with van der Waals surface area (Å²) < 4.78 is 28.4. The number of carbonyl (C=O) groups excluding carboxylic acids is 1. The summed E-state index contributed by atoms with van der Waals surface area (Å²) in [6.07, 6.45) is 6.00. The molecule has 156 valence electrons. The van der Waals surface area contributed by atoms with Crippen molar-refractivity contribution < 1.29 is 13.6 Å². The van der Waals surface area contributed by atoms with Crippen LogP contribution in [0.5, 0.6) is 0 Å². The maximum absolute atomic E-state index is 13.9. The number of aromatic nitrogens is 4. The van der Waals surface area contributed by atoms with Crippen LogP contribution in [0.4, 0.5) is 8.78 Å². The first-order chi connectivity index (χ1) is 14.5. The highest BCUT2D eigenvalue weighted by Crippen LogP contribution is 2.32. The normalized spacial score (nSPS) is 14.2. The predicted octanol–water partition coefficient (Wildman–Crippen LogP) is 3.00. The van der Waals surface area contributed by atoms with Crippen LogP contribution in [0, 0.1) is 11.6 Å². The number of hydrogen-bond donors (Lipinski definition) is 2. The minimum atomic E-state index is -0.763. The number of aromatic amines is 1. The third-order valence-electron chi connectivity index (χ3n) is 5.34. The van der Waals surface area contributed by atoms with E-state index in [0.29, 0.717) is 5.92 Å². The Balaban J connectivity index is 1.35. The van der Waals surface area contributed by atoms with Gasteiger partial charge >= 0.3 is 0 Å². The fraction of sp³-hybridized carbons (Fsp3) is 0.333. The number of nitrogens with one attached hydrogen (secondary N) is 2. The molecular formula is C21H21F2N5O2. The number of benzene rings is 1. The Labute approximate surface area is 171 Å². The predicted molar refractivity (Wildman–Crippen MR) is 106 cm³/mol. The Morgan fingerprint density at radius 2 is 2.00 bits per heavy atom. The molecule has 0 spiro atoms. The first-order valence-electron chi connectivity index (χ1n) is 9.86. The molecule has 1 aliphatic carbocycles. The van der Waals surface area contributed by atoms with Gasteiger partial charge in [0.1, 0.15) is 17.3 Å². The largest absolute Gasteiger partial charge is 0.349 e. The van der Waals surface area contributed by atoms with Gasteiger partial charge in [-0.3, -0.25) is 19.3 Å². The van der Waals surface area contributed by atoms with E-state index in [0.717, 1.165) is 30.7 Å². The zero-order valence-electron chi connectivity index (χ0n) is 16.2. The van der Waals surface area contributed by atoms with Gasteiger partial charge in [0.05, 0.1) is 17.7 Å². The number of carbonyl (C=O) groups is 1. The molecule has 1 saturated carbocycles. The van der Waals surface area contributed by atoms with Crippen molar-refractivity contribution in [3.05, 3.63) is 70.0 Å². The smallest absolute Gasteiger partial charge is 0.269 e. The highest BCUT2D eigenvalue weighted by atomic mass is 19.1. The number of nitrogens with zero attached hydrogens (tertiary/aromatic N) is 3. The Hall–Kier alpha value is -3.36. The highest BCUT2D eigenvalue weighted by molar-refractivity contribution is 5.93. The van der Waals surface area contributed by atoms with Gasteiger partial charge in [-0.25, -0.2) is 13.8 Å². The summed E-state index contributed by atoms with van der Waals surface area (Å²) in [6.45, 7) is 0.485. The summed E-state index contributed by atoms with van der Waals surface area (Å²) in [6, 6.07) is 6.10.